The standard InChI is InChI=1S/C23H24F3N5O2/c1-14-5-7-16(8-6-14)21-19(30-11-3-4-20(30)32)13-31(29-21)22(33)28-15(2)18-10-9-17(12-27-18)23(24,25)26/h5-10,12,15,19H,3-4,11,13H2,1-2H3,(H,28,33)/t15?,19-/m0/s1. The molecule has 7 nitrogen and oxygen atoms in total. The molecule has 33 heavy (non-hydrogen) atoms. The Kier molecular flexibility index (Phi) is 6.09. The number of pyridine rings is 1. The van der Waals surface area contributed by atoms with Crippen LogP contribution < -0.4 is 5.32 Å². The molecule has 2 aromatic rings. The van der Waals surface area contributed by atoms with Crippen LogP contribution in [0.25, 0.3) is 0 Å². The van der Waals surface area contributed by atoms with Gasteiger partial charge in [0.2, 0.25) is 5.91 Å². The van der Waals surface area contributed by atoms with Crippen molar-refractivity contribution < 1.29 is 22.8 Å². The van der Waals surface area contributed by atoms with Crippen molar-refractivity contribution in [3.05, 3.63) is 65.0 Å². The van der Waals surface area contributed by atoms with Crippen LogP contribution in [0.2, 0.25) is 0 Å². The molecule has 2 aliphatic heterocycles. The van der Waals surface area contributed by atoms with Gasteiger partial charge in [-0.05, 0) is 38.0 Å². The van der Waals surface area contributed by atoms with Gasteiger partial charge in [0.1, 0.15) is 0 Å². The van der Waals surface area contributed by atoms with Gasteiger partial charge >= 0.3 is 12.2 Å². The lowest BCUT2D eigenvalue weighted by molar-refractivity contribution is -0.137. The summed E-state index contributed by atoms with van der Waals surface area (Å²) >= 11 is 0. The Hall–Kier alpha value is -3.43. The van der Waals surface area contributed by atoms with Gasteiger partial charge in [-0.3, -0.25) is 9.78 Å². The predicted molar refractivity (Wildman–Crippen MR) is 115 cm³/mol. The Balaban J connectivity index is 1.52. The number of urea groups is 1. The molecule has 10 heteroatoms. The van der Waals surface area contributed by atoms with E-state index >= 15 is 0 Å². The molecule has 1 fully saturated rings. The highest BCUT2D eigenvalue weighted by Crippen LogP contribution is 2.29. The summed E-state index contributed by atoms with van der Waals surface area (Å²) in [4.78, 5) is 30.9. The number of nitrogens with one attached hydrogen (secondary N) is 1. The Morgan fingerprint density at radius 2 is 1.91 bits per heavy atom. The average Bonchev–Trinajstić information content (AvgIpc) is 3.40. The van der Waals surface area contributed by atoms with Gasteiger partial charge in [0.25, 0.3) is 0 Å². The first-order chi connectivity index (χ1) is 15.6. The molecule has 1 saturated heterocycles. The van der Waals surface area contributed by atoms with E-state index in [1.807, 2.05) is 31.2 Å². The number of halogens is 3. The summed E-state index contributed by atoms with van der Waals surface area (Å²) in [6.07, 6.45) is -2.49. The van der Waals surface area contributed by atoms with E-state index in [-0.39, 0.29) is 18.5 Å². The summed E-state index contributed by atoms with van der Waals surface area (Å²) in [5.74, 6) is 0.0318. The first-order valence-electron chi connectivity index (χ1n) is 10.7. The third-order valence-electron chi connectivity index (χ3n) is 5.86. The molecule has 1 unspecified atom stereocenters. The van der Waals surface area contributed by atoms with Crippen molar-refractivity contribution >= 4 is 17.6 Å². The SMILES string of the molecule is Cc1ccc(C2=NN(C(=O)NC(C)c3ccc(C(F)(F)F)cn3)C[C@@H]2N2CCCC2=O)cc1. The predicted octanol–water partition coefficient (Wildman–Crippen LogP) is 3.89. The van der Waals surface area contributed by atoms with Gasteiger partial charge in [0.15, 0.2) is 0 Å². The molecule has 3 heterocycles. The fourth-order valence-electron chi connectivity index (χ4n) is 4.00. The van der Waals surface area contributed by atoms with Crippen LogP contribution in [0.15, 0.2) is 47.7 Å². The van der Waals surface area contributed by atoms with E-state index in [0.29, 0.717) is 24.4 Å². The molecule has 4 rings (SSSR count). The lowest BCUT2D eigenvalue weighted by Crippen LogP contribution is -2.46. The molecule has 0 spiro atoms. The van der Waals surface area contributed by atoms with Gasteiger partial charge in [-0.2, -0.15) is 18.3 Å². The lowest BCUT2D eigenvalue weighted by Gasteiger charge is -2.25. The third kappa shape index (κ3) is 4.84. The smallest absolute Gasteiger partial charge is 0.332 e. The first kappa shape index (κ1) is 22.8. The number of aryl methyl sites for hydroxylation is 1. The summed E-state index contributed by atoms with van der Waals surface area (Å²) in [5.41, 5.74) is 2.00. The number of rotatable bonds is 4. The number of likely N-dealkylation sites (tertiary alicyclic amines) is 1. The molecule has 2 aliphatic rings. The zero-order chi connectivity index (χ0) is 23.8. The largest absolute Gasteiger partial charge is 0.417 e. The minimum atomic E-state index is -4.48. The van der Waals surface area contributed by atoms with Crippen LogP contribution in [0.5, 0.6) is 0 Å². The maximum Gasteiger partial charge on any atom is 0.417 e. The van der Waals surface area contributed by atoms with Crippen molar-refractivity contribution in [2.24, 2.45) is 5.10 Å². The van der Waals surface area contributed by atoms with Crippen molar-refractivity contribution in [3.63, 3.8) is 0 Å². The summed E-state index contributed by atoms with van der Waals surface area (Å²) in [5, 5.41) is 8.52. The second-order valence-corrected chi connectivity index (χ2v) is 8.28. The molecule has 174 valence electrons. The van der Waals surface area contributed by atoms with Gasteiger partial charge in [-0.15, -0.1) is 0 Å². The highest BCUT2D eigenvalue weighted by molar-refractivity contribution is 6.08. The van der Waals surface area contributed by atoms with Gasteiger partial charge < -0.3 is 10.2 Å². The Labute approximate surface area is 189 Å². The minimum Gasteiger partial charge on any atom is -0.332 e. The molecule has 0 bridgehead atoms. The summed E-state index contributed by atoms with van der Waals surface area (Å²) < 4.78 is 38.3. The summed E-state index contributed by atoms with van der Waals surface area (Å²) in [7, 11) is 0. The third-order valence-corrected chi connectivity index (χ3v) is 5.86. The number of aromatic nitrogens is 1. The number of carbonyl (C=O) groups excluding carboxylic acids is 2. The zero-order valence-corrected chi connectivity index (χ0v) is 18.3. The number of hydrogen-bond donors (Lipinski definition) is 1. The number of hydrogen-bond acceptors (Lipinski definition) is 4. The molecule has 1 aromatic carbocycles. The van der Waals surface area contributed by atoms with E-state index in [9.17, 15) is 22.8 Å². The molecule has 2 atom stereocenters. The molecule has 1 aromatic heterocycles. The number of carbonyl (C=O) groups is 2. The maximum atomic E-state index is 12.9. The number of alkyl halides is 3. The number of hydrazone groups is 1. The van der Waals surface area contributed by atoms with Crippen LogP contribution in [0.3, 0.4) is 0 Å². The van der Waals surface area contributed by atoms with Crippen molar-refractivity contribution in [2.45, 2.75) is 44.9 Å². The molecular formula is C23H24F3N5O2. The minimum absolute atomic E-state index is 0.0318. The Morgan fingerprint density at radius 3 is 2.48 bits per heavy atom. The highest BCUT2D eigenvalue weighted by atomic mass is 19.4. The number of nitrogens with zero attached hydrogens (tertiary/aromatic N) is 4. The van der Waals surface area contributed by atoms with Crippen LogP contribution in [-0.2, 0) is 11.0 Å². The maximum absolute atomic E-state index is 12.9. The number of benzene rings is 1. The van der Waals surface area contributed by atoms with Gasteiger partial charge in [-0.25, -0.2) is 9.80 Å². The Morgan fingerprint density at radius 1 is 1.18 bits per heavy atom. The van der Waals surface area contributed by atoms with Crippen LogP contribution in [0.1, 0.15) is 48.2 Å². The first-order valence-corrected chi connectivity index (χ1v) is 10.7. The average molecular weight is 459 g/mol. The second-order valence-electron chi connectivity index (χ2n) is 8.28. The molecule has 0 radical (unpaired) electrons. The van der Waals surface area contributed by atoms with Crippen molar-refractivity contribution in [3.8, 4) is 0 Å². The van der Waals surface area contributed by atoms with Crippen LogP contribution in [0, 0.1) is 6.92 Å². The van der Waals surface area contributed by atoms with Crippen LogP contribution >= 0.6 is 0 Å². The fraction of sp³-hybridized carbons (Fsp3) is 0.391. The van der Waals surface area contributed by atoms with E-state index in [2.05, 4.69) is 15.4 Å². The normalized spacial score (nSPS) is 19.6. The fourth-order valence-corrected chi connectivity index (χ4v) is 4.00. The van der Waals surface area contributed by atoms with Crippen molar-refractivity contribution in [2.75, 3.05) is 13.1 Å². The van der Waals surface area contributed by atoms with E-state index in [1.54, 1.807) is 11.8 Å². The lowest BCUT2D eigenvalue weighted by atomic mass is 10.0. The van der Waals surface area contributed by atoms with E-state index in [4.69, 9.17) is 0 Å². The summed E-state index contributed by atoms with van der Waals surface area (Å²) in [6.45, 7) is 4.41. The van der Waals surface area contributed by atoms with Gasteiger partial charge in [0, 0.05) is 19.2 Å². The monoisotopic (exact) mass is 459 g/mol. The van der Waals surface area contributed by atoms with E-state index in [1.165, 1.54) is 11.1 Å². The molecule has 0 saturated carbocycles. The van der Waals surface area contributed by atoms with Crippen LogP contribution in [-0.4, -0.2) is 51.7 Å². The molecule has 0 aliphatic carbocycles. The highest BCUT2D eigenvalue weighted by Gasteiger charge is 2.39. The number of amides is 3. The zero-order valence-electron chi connectivity index (χ0n) is 18.3. The van der Waals surface area contributed by atoms with E-state index < -0.39 is 23.8 Å². The van der Waals surface area contributed by atoms with Crippen molar-refractivity contribution in [1.29, 1.82) is 0 Å². The molecule has 1 N–H and O–H groups in total. The van der Waals surface area contributed by atoms with Gasteiger partial charge in [0.05, 0.1) is 35.6 Å². The quantitative estimate of drug-likeness (QED) is 0.754. The van der Waals surface area contributed by atoms with Crippen LogP contribution in [0.4, 0.5) is 18.0 Å². The van der Waals surface area contributed by atoms with Crippen molar-refractivity contribution in [1.82, 2.24) is 20.2 Å². The van der Waals surface area contributed by atoms with E-state index in [0.717, 1.165) is 29.8 Å². The molecule has 3 amide bonds. The topological polar surface area (TPSA) is 77.9 Å². The summed E-state index contributed by atoms with van der Waals surface area (Å²) in [6, 6.07) is 8.40. The molecular weight excluding hydrogens is 435 g/mol. The van der Waals surface area contributed by atoms with Gasteiger partial charge in [-0.1, -0.05) is 29.8 Å². The Bertz CT molecular complexity index is 1070. The second kappa shape index (κ2) is 8.84.